The summed E-state index contributed by atoms with van der Waals surface area (Å²) in [6.45, 7) is 3.32. The zero-order valence-electron chi connectivity index (χ0n) is 9.47. The number of nitrogens with zero attached hydrogens (tertiary/aromatic N) is 3. The molecule has 1 aromatic heterocycles. The van der Waals surface area contributed by atoms with Gasteiger partial charge >= 0.3 is 5.97 Å². The fraction of sp³-hybridized carbons (Fsp3) is 0.700. The average Bonchev–Trinajstić information content (AvgIpc) is 2.88. The number of aromatic nitrogens is 2. The molecule has 88 valence electrons. The van der Waals surface area contributed by atoms with E-state index in [9.17, 15) is 4.79 Å². The SMILES string of the molecule is COC(=O)C1CCCN1Cc1nonc1C. The first kappa shape index (κ1) is 11.1. The number of hydrogen-bond donors (Lipinski definition) is 0. The van der Waals surface area contributed by atoms with Gasteiger partial charge in [0.05, 0.1) is 7.11 Å². The van der Waals surface area contributed by atoms with Gasteiger partial charge in [0.2, 0.25) is 0 Å². The van der Waals surface area contributed by atoms with Crippen LogP contribution in [0.4, 0.5) is 0 Å². The number of likely N-dealkylation sites (tertiary alicyclic amines) is 1. The van der Waals surface area contributed by atoms with Crippen molar-refractivity contribution in [3.63, 3.8) is 0 Å². The molecule has 16 heavy (non-hydrogen) atoms. The summed E-state index contributed by atoms with van der Waals surface area (Å²) in [5.74, 6) is -0.174. The Morgan fingerprint density at radius 3 is 3.06 bits per heavy atom. The first-order valence-corrected chi connectivity index (χ1v) is 5.32. The normalized spacial score (nSPS) is 21.2. The molecule has 0 bridgehead atoms. The van der Waals surface area contributed by atoms with Crippen LogP contribution in [0.5, 0.6) is 0 Å². The standard InChI is InChI=1S/C10H15N3O3/c1-7-8(12-16-11-7)6-13-5-3-4-9(13)10(14)15-2/h9H,3-6H2,1-2H3. The predicted octanol–water partition coefficient (Wildman–Crippen LogP) is 0.515. The summed E-state index contributed by atoms with van der Waals surface area (Å²) in [6, 6.07) is -0.152. The van der Waals surface area contributed by atoms with E-state index in [0.29, 0.717) is 6.54 Å². The first-order valence-electron chi connectivity index (χ1n) is 5.32. The van der Waals surface area contributed by atoms with Gasteiger partial charge < -0.3 is 4.74 Å². The highest BCUT2D eigenvalue weighted by Gasteiger charge is 2.32. The molecule has 0 spiro atoms. The molecule has 2 rings (SSSR count). The van der Waals surface area contributed by atoms with Gasteiger partial charge in [-0.2, -0.15) is 0 Å². The maximum Gasteiger partial charge on any atom is 0.323 e. The zero-order chi connectivity index (χ0) is 11.5. The summed E-state index contributed by atoms with van der Waals surface area (Å²) in [7, 11) is 1.42. The van der Waals surface area contributed by atoms with Gasteiger partial charge in [-0.1, -0.05) is 10.3 Å². The summed E-state index contributed by atoms with van der Waals surface area (Å²) in [5, 5.41) is 7.54. The van der Waals surface area contributed by atoms with Crippen LogP contribution >= 0.6 is 0 Å². The van der Waals surface area contributed by atoms with E-state index in [0.717, 1.165) is 30.8 Å². The van der Waals surface area contributed by atoms with Gasteiger partial charge in [-0.05, 0) is 26.3 Å². The van der Waals surface area contributed by atoms with E-state index in [1.165, 1.54) is 7.11 Å². The Morgan fingerprint density at radius 1 is 1.62 bits per heavy atom. The fourth-order valence-corrected chi connectivity index (χ4v) is 2.00. The number of ether oxygens (including phenoxy) is 1. The van der Waals surface area contributed by atoms with E-state index < -0.39 is 0 Å². The van der Waals surface area contributed by atoms with E-state index >= 15 is 0 Å². The molecule has 0 N–H and O–H groups in total. The average molecular weight is 225 g/mol. The first-order chi connectivity index (χ1) is 7.72. The molecule has 0 aliphatic carbocycles. The molecule has 2 heterocycles. The molecule has 1 saturated heterocycles. The summed E-state index contributed by atoms with van der Waals surface area (Å²) >= 11 is 0. The molecular formula is C10H15N3O3. The molecule has 1 unspecified atom stereocenters. The van der Waals surface area contributed by atoms with Gasteiger partial charge in [-0.15, -0.1) is 0 Å². The smallest absolute Gasteiger partial charge is 0.323 e. The molecule has 6 heteroatoms. The molecule has 1 aromatic rings. The Labute approximate surface area is 93.5 Å². The third kappa shape index (κ3) is 2.06. The van der Waals surface area contributed by atoms with Crippen LogP contribution in [0.25, 0.3) is 0 Å². The van der Waals surface area contributed by atoms with Gasteiger partial charge in [0.15, 0.2) is 0 Å². The van der Waals surface area contributed by atoms with Gasteiger partial charge in [0.25, 0.3) is 0 Å². The molecule has 6 nitrogen and oxygen atoms in total. The maximum atomic E-state index is 11.5. The Bertz CT molecular complexity index is 377. The number of methoxy groups -OCH3 is 1. The van der Waals surface area contributed by atoms with Crippen molar-refractivity contribution < 1.29 is 14.2 Å². The minimum atomic E-state index is -0.174. The van der Waals surface area contributed by atoms with Gasteiger partial charge in [0, 0.05) is 6.54 Å². The molecular weight excluding hydrogens is 210 g/mol. The van der Waals surface area contributed by atoms with E-state index in [1.807, 2.05) is 6.92 Å². The van der Waals surface area contributed by atoms with E-state index in [1.54, 1.807) is 0 Å². The Kier molecular flexibility index (Phi) is 3.19. The van der Waals surface area contributed by atoms with Gasteiger partial charge in [-0.25, -0.2) is 4.63 Å². The van der Waals surface area contributed by atoms with Crippen molar-refractivity contribution in [2.24, 2.45) is 0 Å². The van der Waals surface area contributed by atoms with Crippen LogP contribution < -0.4 is 0 Å². The highest BCUT2D eigenvalue weighted by atomic mass is 16.6. The Hall–Kier alpha value is -1.43. The molecule has 1 aliphatic heterocycles. The summed E-state index contributed by atoms with van der Waals surface area (Å²) in [5.41, 5.74) is 1.56. The lowest BCUT2D eigenvalue weighted by Crippen LogP contribution is -2.36. The van der Waals surface area contributed by atoms with Gasteiger partial charge in [-0.3, -0.25) is 9.69 Å². The van der Waals surface area contributed by atoms with Crippen LogP contribution in [0, 0.1) is 6.92 Å². The lowest BCUT2D eigenvalue weighted by Gasteiger charge is -2.20. The predicted molar refractivity (Wildman–Crippen MR) is 54.5 cm³/mol. The lowest BCUT2D eigenvalue weighted by molar-refractivity contribution is -0.146. The van der Waals surface area contributed by atoms with Crippen molar-refractivity contribution in [2.75, 3.05) is 13.7 Å². The van der Waals surface area contributed by atoms with Crippen LogP contribution in [-0.2, 0) is 16.1 Å². The minimum Gasteiger partial charge on any atom is -0.468 e. The third-order valence-electron chi connectivity index (χ3n) is 2.94. The maximum absolute atomic E-state index is 11.5. The zero-order valence-corrected chi connectivity index (χ0v) is 9.47. The summed E-state index contributed by atoms with van der Waals surface area (Å²) in [6.07, 6.45) is 1.85. The highest BCUT2D eigenvalue weighted by molar-refractivity contribution is 5.75. The van der Waals surface area contributed by atoms with Crippen molar-refractivity contribution >= 4 is 5.97 Å². The van der Waals surface area contributed by atoms with Crippen molar-refractivity contribution in [3.05, 3.63) is 11.4 Å². The third-order valence-corrected chi connectivity index (χ3v) is 2.94. The Balaban J connectivity index is 2.04. The highest BCUT2D eigenvalue weighted by Crippen LogP contribution is 2.21. The molecule has 0 saturated carbocycles. The second-order valence-corrected chi connectivity index (χ2v) is 3.95. The number of esters is 1. The molecule has 0 amide bonds. The minimum absolute atomic E-state index is 0.152. The Morgan fingerprint density at radius 2 is 2.44 bits per heavy atom. The van der Waals surface area contributed by atoms with Crippen LogP contribution in [0.15, 0.2) is 4.63 Å². The van der Waals surface area contributed by atoms with E-state index in [2.05, 4.69) is 19.8 Å². The van der Waals surface area contributed by atoms with Crippen molar-refractivity contribution in [1.82, 2.24) is 15.2 Å². The number of carbonyl (C=O) groups is 1. The summed E-state index contributed by atoms with van der Waals surface area (Å²) in [4.78, 5) is 13.6. The second-order valence-electron chi connectivity index (χ2n) is 3.95. The monoisotopic (exact) mass is 225 g/mol. The van der Waals surface area contributed by atoms with Crippen LogP contribution in [0.3, 0.4) is 0 Å². The van der Waals surface area contributed by atoms with Crippen LogP contribution in [0.2, 0.25) is 0 Å². The number of aryl methyl sites for hydroxylation is 1. The van der Waals surface area contributed by atoms with E-state index in [4.69, 9.17) is 4.74 Å². The molecule has 0 aromatic carbocycles. The number of rotatable bonds is 3. The topological polar surface area (TPSA) is 68.5 Å². The largest absolute Gasteiger partial charge is 0.468 e. The van der Waals surface area contributed by atoms with Crippen molar-refractivity contribution in [3.8, 4) is 0 Å². The number of hydrogen-bond acceptors (Lipinski definition) is 6. The van der Waals surface area contributed by atoms with Gasteiger partial charge in [0.1, 0.15) is 17.4 Å². The number of carbonyl (C=O) groups excluding carboxylic acids is 1. The molecule has 1 atom stereocenters. The van der Waals surface area contributed by atoms with Crippen LogP contribution in [-0.4, -0.2) is 40.9 Å². The second kappa shape index (κ2) is 4.61. The van der Waals surface area contributed by atoms with E-state index in [-0.39, 0.29) is 12.0 Å². The molecule has 1 aliphatic rings. The molecule has 1 fully saturated rings. The van der Waals surface area contributed by atoms with Crippen molar-refractivity contribution in [1.29, 1.82) is 0 Å². The van der Waals surface area contributed by atoms with Crippen molar-refractivity contribution in [2.45, 2.75) is 32.4 Å². The molecule has 0 radical (unpaired) electrons. The lowest BCUT2D eigenvalue weighted by atomic mass is 10.2. The quantitative estimate of drug-likeness (QED) is 0.698. The summed E-state index contributed by atoms with van der Waals surface area (Å²) < 4.78 is 9.41. The van der Waals surface area contributed by atoms with Crippen LogP contribution in [0.1, 0.15) is 24.2 Å². The fourth-order valence-electron chi connectivity index (χ4n) is 2.00.